The number of rotatable bonds is 5. The van der Waals surface area contributed by atoms with Gasteiger partial charge >= 0.3 is 0 Å². The highest BCUT2D eigenvalue weighted by Crippen LogP contribution is 2.37. The second-order valence-corrected chi connectivity index (χ2v) is 6.14. The first-order chi connectivity index (χ1) is 9.63. The number of fused-ring (bicyclic) bond motifs is 1. The van der Waals surface area contributed by atoms with Gasteiger partial charge in [0, 0.05) is 12.0 Å². The Hall–Kier alpha value is -0.620. The molecule has 118 valence electrons. The Kier molecular flexibility index (Phi) is 7.66. The van der Waals surface area contributed by atoms with Crippen LogP contribution in [0.15, 0.2) is 18.2 Å². The molecule has 1 aliphatic heterocycles. The Labute approximate surface area is 140 Å². The lowest BCUT2D eigenvalue weighted by Gasteiger charge is -2.28. The minimum atomic E-state index is -0.465. The van der Waals surface area contributed by atoms with E-state index in [9.17, 15) is 4.79 Å². The van der Waals surface area contributed by atoms with Crippen LogP contribution < -0.4 is 15.8 Å². The van der Waals surface area contributed by atoms with Crippen molar-refractivity contribution < 1.29 is 9.53 Å². The zero-order chi connectivity index (χ0) is 14.5. The van der Waals surface area contributed by atoms with Crippen LogP contribution in [0.4, 0.5) is 0 Å². The summed E-state index contributed by atoms with van der Waals surface area (Å²) in [6, 6.07) is 5.04. The summed E-state index contributed by atoms with van der Waals surface area (Å²) in [7, 11) is 0. The Morgan fingerprint density at radius 1 is 1.62 bits per heavy atom. The van der Waals surface area contributed by atoms with Gasteiger partial charge in [-0.2, -0.15) is 11.8 Å². The Morgan fingerprint density at radius 3 is 3.10 bits per heavy atom. The molecule has 0 aromatic heterocycles. The van der Waals surface area contributed by atoms with Gasteiger partial charge in [-0.25, -0.2) is 0 Å². The Balaban J connectivity index is 0.00000220. The molecule has 7 heteroatoms. The van der Waals surface area contributed by atoms with Crippen LogP contribution in [0.2, 0.25) is 5.02 Å². The fourth-order valence-electron chi connectivity index (χ4n) is 2.19. The molecule has 0 fully saturated rings. The number of ether oxygens (including phenoxy) is 1. The Bertz CT molecular complexity index is 488. The number of thioether (sulfide) groups is 1. The number of halogens is 2. The van der Waals surface area contributed by atoms with E-state index in [1.807, 2.05) is 18.4 Å². The summed E-state index contributed by atoms with van der Waals surface area (Å²) in [5, 5.41) is 3.58. The molecule has 2 rings (SSSR count). The summed E-state index contributed by atoms with van der Waals surface area (Å²) < 4.78 is 5.57. The molecule has 1 heterocycles. The van der Waals surface area contributed by atoms with Gasteiger partial charge in [0.1, 0.15) is 5.75 Å². The molecule has 1 unspecified atom stereocenters. The van der Waals surface area contributed by atoms with E-state index < -0.39 is 6.04 Å². The number of nitrogens with one attached hydrogen (secondary N) is 1. The fourth-order valence-corrected chi connectivity index (χ4v) is 2.92. The standard InChI is InChI=1S/C14H19ClN2O2S.ClH/c1-20-8-6-11(16)14(18)17-12-5-7-19-13-9(12)3-2-4-10(13)15;/h2-4,11-12H,5-8,16H2,1H3,(H,17,18);1H/t11-,12?;/m0./s1. The molecule has 1 aromatic rings. The largest absolute Gasteiger partial charge is 0.492 e. The fraction of sp³-hybridized carbons (Fsp3) is 0.500. The molecule has 4 nitrogen and oxygen atoms in total. The van der Waals surface area contributed by atoms with Crippen LogP contribution in [0.25, 0.3) is 0 Å². The van der Waals surface area contributed by atoms with Crippen molar-refractivity contribution in [2.75, 3.05) is 18.6 Å². The molecule has 0 bridgehead atoms. The summed E-state index contributed by atoms with van der Waals surface area (Å²) in [6.45, 7) is 0.543. The quantitative estimate of drug-likeness (QED) is 0.856. The average Bonchev–Trinajstić information content (AvgIpc) is 2.45. The van der Waals surface area contributed by atoms with Crippen LogP contribution in [-0.2, 0) is 4.79 Å². The maximum absolute atomic E-state index is 12.1. The second-order valence-electron chi connectivity index (χ2n) is 4.74. The number of carbonyl (C=O) groups is 1. The van der Waals surface area contributed by atoms with E-state index in [1.54, 1.807) is 17.8 Å². The van der Waals surface area contributed by atoms with E-state index in [2.05, 4.69) is 5.32 Å². The third kappa shape index (κ3) is 4.68. The molecule has 2 atom stereocenters. The summed E-state index contributed by atoms with van der Waals surface area (Å²) in [5.41, 5.74) is 6.81. The zero-order valence-electron chi connectivity index (χ0n) is 11.8. The molecular formula is C14H20Cl2N2O2S. The molecule has 1 aromatic carbocycles. The lowest BCUT2D eigenvalue weighted by molar-refractivity contribution is -0.123. The third-order valence-corrected chi connectivity index (χ3v) is 4.25. The van der Waals surface area contributed by atoms with Crippen molar-refractivity contribution in [3.05, 3.63) is 28.8 Å². The average molecular weight is 351 g/mol. The minimum absolute atomic E-state index is 0. The molecule has 0 spiro atoms. The van der Waals surface area contributed by atoms with Gasteiger partial charge in [-0.3, -0.25) is 4.79 Å². The van der Waals surface area contributed by atoms with Crippen molar-refractivity contribution in [3.63, 3.8) is 0 Å². The van der Waals surface area contributed by atoms with Crippen LogP contribution in [0.1, 0.15) is 24.4 Å². The molecule has 0 saturated heterocycles. The van der Waals surface area contributed by atoms with Crippen molar-refractivity contribution in [3.8, 4) is 5.75 Å². The summed E-state index contributed by atoms with van der Waals surface area (Å²) in [5.74, 6) is 1.44. The van der Waals surface area contributed by atoms with E-state index in [0.29, 0.717) is 23.8 Å². The molecule has 1 aliphatic rings. The lowest BCUT2D eigenvalue weighted by Crippen LogP contribution is -2.43. The van der Waals surface area contributed by atoms with Crippen molar-refractivity contribution >= 4 is 41.7 Å². The van der Waals surface area contributed by atoms with Crippen LogP contribution in [-0.4, -0.2) is 30.6 Å². The van der Waals surface area contributed by atoms with Crippen LogP contribution in [0, 0.1) is 0 Å². The van der Waals surface area contributed by atoms with Crippen LogP contribution in [0.3, 0.4) is 0 Å². The van der Waals surface area contributed by atoms with Crippen molar-refractivity contribution in [1.82, 2.24) is 5.32 Å². The van der Waals surface area contributed by atoms with E-state index >= 15 is 0 Å². The minimum Gasteiger partial charge on any atom is -0.492 e. The molecule has 1 amide bonds. The summed E-state index contributed by atoms with van der Waals surface area (Å²) in [4.78, 5) is 12.1. The summed E-state index contributed by atoms with van der Waals surface area (Å²) in [6.07, 6.45) is 3.41. The first-order valence-corrected chi connectivity index (χ1v) is 8.36. The van der Waals surface area contributed by atoms with Crippen molar-refractivity contribution in [2.24, 2.45) is 5.73 Å². The van der Waals surface area contributed by atoms with Crippen LogP contribution in [0.5, 0.6) is 5.75 Å². The van der Waals surface area contributed by atoms with Gasteiger partial charge in [-0.1, -0.05) is 23.7 Å². The monoisotopic (exact) mass is 350 g/mol. The third-order valence-electron chi connectivity index (χ3n) is 3.31. The van der Waals surface area contributed by atoms with E-state index in [0.717, 1.165) is 17.7 Å². The Morgan fingerprint density at radius 2 is 2.38 bits per heavy atom. The molecule has 0 aliphatic carbocycles. The van der Waals surface area contributed by atoms with Crippen LogP contribution >= 0.6 is 35.8 Å². The van der Waals surface area contributed by atoms with Gasteiger partial charge in [0.05, 0.1) is 23.7 Å². The van der Waals surface area contributed by atoms with Crippen molar-refractivity contribution in [2.45, 2.75) is 24.9 Å². The van der Waals surface area contributed by atoms with Gasteiger partial charge in [-0.05, 0) is 24.5 Å². The highest BCUT2D eigenvalue weighted by atomic mass is 35.5. The number of hydrogen-bond donors (Lipinski definition) is 2. The van der Waals surface area contributed by atoms with E-state index in [-0.39, 0.29) is 24.4 Å². The molecule has 0 radical (unpaired) electrons. The molecular weight excluding hydrogens is 331 g/mol. The number of carbonyl (C=O) groups excluding carboxylic acids is 1. The number of amides is 1. The van der Waals surface area contributed by atoms with Crippen molar-refractivity contribution in [1.29, 1.82) is 0 Å². The lowest BCUT2D eigenvalue weighted by atomic mass is 10.00. The predicted molar refractivity (Wildman–Crippen MR) is 90.7 cm³/mol. The number of benzene rings is 1. The predicted octanol–water partition coefficient (Wildman–Crippen LogP) is 2.78. The van der Waals surface area contributed by atoms with Gasteiger partial charge in [0.25, 0.3) is 0 Å². The summed E-state index contributed by atoms with van der Waals surface area (Å²) >= 11 is 7.80. The number of para-hydroxylation sites is 1. The van der Waals surface area contributed by atoms with Gasteiger partial charge in [0.15, 0.2) is 0 Å². The SMILES string of the molecule is CSCC[C@H](N)C(=O)NC1CCOc2c(Cl)cccc21.Cl. The highest BCUT2D eigenvalue weighted by Gasteiger charge is 2.26. The maximum atomic E-state index is 12.1. The zero-order valence-corrected chi connectivity index (χ0v) is 14.2. The van der Waals surface area contributed by atoms with Gasteiger partial charge in [0.2, 0.25) is 5.91 Å². The van der Waals surface area contributed by atoms with E-state index in [4.69, 9.17) is 22.1 Å². The number of nitrogens with two attached hydrogens (primary N) is 1. The normalized spacial score (nSPS) is 18.0. The van der Waals surface area contributed by atoms with E-state index in [1.165, 1.54) is 0 Å². The first kappa shape index (κ1) is 18.4. The molecule has 21 heavy (non-hydrogen) atoms. The number of hydrogen-bond acceptors (Lipinski definition) is 4. The smallest absolute Gasteiger partial charge is 0.237 e. The molecule has 0 saturated carbocycles. The highest BCUT2D eigenvalue weighted by molar-refractivity contribution is 7.98. The van der Waals surface area contributed by atoms with Gasteiger partial charge in [-0.15, -0.1) is 12.4 Å². The first-order valence-electron chi connectivity index (χ1n) is 6.59. The maximum Gasteiger partial charge on any atom is 0.237 e. The van der Waals surface area contributed by atoms with Gasteiger partial charge < -0.3 is 15.8 Å². The topological polar surface area (TPSA) is 64.4 Å². The second kappa shape index (κ2) is 8.73. The molecule has 3 N–H and O–H groups in total.